The third-order valence-corrected chi connectivity index (χ3v) is 6.03. The Labute approximate surface area is 167 Å². The maximum absolute atomic E-state index is 12.9. The molecule has 0 spiro atoms. The summed E-state index contributed by atoms with van der Waals surface area (Å²) < 4.78 is 27.0. The van der Waals surface area contributed by atoms with Gasteiger partial charge in [0.1, 0.15) is 0 Å². The van der Waals surface area contributed by atoms with Gasteiger partial charge in [0.05, 0.1) is 22.0 Å². The molecule has 0 bridgehead atoms. The predicted molar refractivity (Wildman–Crippen MR) is 112 cm³/mol. The standard InChI is InChI=1S/C22H27N3O2S/c1-16(2)12-19-14-23-21(13-17(3)4)22(24-19)18-10-11-25(15-18)28(26,27)20-8-6-5-7-9-20/h5-11,14-17H,12-13H2,1-4H3. The first-order chi connectivity index (χ1) is 13.3. The first-order valence-corrected chi connectivity index (χ1v) is 11.0. The van der Waals surface area contributed by atoms with Crippen molar-refractivity contribution in [1.82, 2.24) is 13.9 Å². The molecule has 0 saturated carbocycles. The fourth-order valence-electron chi connectivity index (χ4n) is 3.12. The van der Waals surface area contributed by atoms with Gasteiger partial charge in [0, 0.05) is 24.2 Å². The second kappa shape index (κ2) is 8.27. The van der Waals surface area contributed by atoms with E-state index in [0.717, 1.165) is 35.5 Å². The van der Waals surface area contributed by atoms with Crippen molar-refractivity contribution >= 4 is 10.0 Å². The van der Waals surface area contributed by atoms with Crippen molar-refractivity contribution < 1.29 is 8.42 Å². The summed E-state index contributed by atoms with van der Waals surface area (Å²) in [6, 6.07) is 10.2. The number of hydrogen-bond donors (Lipinski definition) is 0. The molecular weight excluding hydrogens is 370 g/mol. The summed E-state index contributed by atoms with van der Waals surface area (Å²) in [4.78, 5) is 9.75. The molecule has 0 aliphatic carbocycles. The molecule has 3 rings (SSSR count). The third-order valence-electron chi connectivity index (χ3n) is 4.38. The molecule has 0 aliphatic heterocycles. The van der Waals surface area contributed by atoms with Gasteiger partial charge < -0.3 is 0 Å². The normalized spacial score (nSPS) is 12.1. The quantitative estimate of drug-likeness (QED) is 0.585. The monoisotopic (exact) mass is 397 g/mol. The van der Waals surface area contributed by atoms with E-state index in [-0.39, 0.29) is 4.90 Å². The minimum Gasteiger partial charge on any atom is -0.257 e. The Morgan fingerprint density at radius 3 is 2.29 bits per heavy atom. The van der Waals surface area contributed by atoms with Crippen LogP contribution < -0.4 is 0 Å². The van der Waals surface area contributed by atoms with Crippen LogP contribution in [0.2, 0.25) is 0 Å². The maximum Gasteiger partial charge on any atom is 0.267 e. The van der Waals surface area contributed by atoms with Gasteiger partial charge in [-0.1, -0.05) is 45.9 Å². The molecule has 1 aromatic carbocycles. The van der Waals surface area contributed by atoms with Gasteiger partial charge in [-0.05, 0) is 42.9 Å². The summed E-state index contributed by atoms with van der Waals surface area (Å²) in [7, 11) is -3.62. The molecule has 0 aliphatic rings. The summed E-state index contributed by atoms with van der Waals surface area (Å²) >= 11 is 0. The molecule has 0 N–H and O–H groups in total. The Balaban J connectivity index is 2.04. The van der Waals surface area contributed by atoms with Gasteiger partial charge in [-0.15, -0.1) is 0 Å². The van der Waals surface area contributed by atoms with Crippen LogP contribution in [0.5, 0.6) is 0 Å². The second-order valence-electron chi connectivity index (χ2n) is 7.90. The van der Waals surface area contributed by atoms with E-state index >= 15 is 0 Å². The van der Waals surface area contributed by atoms with Crippen LogP contribution in [0.25, 0.3) is 11.3 Å². The molecule has 0 radical (unpaired) electrons. The van der Waals surface area contributed by atoms with Crippen molar-refractivity contribution in [3.05, 3.63) is 66.4 Å². The summed E-state index contributed by atoms with van der Waals surface area (Å²) in [5, 5.41) is 0. The molecule has 0 fully saturated rings. The minimum atomic E-state index is -3.62. The van der Waals surface area contributed by atoms with E-state index in [1.807, 2.05) is 6.20 Å². The summed E-state index contributed by atoms with van der Waals surface area (Å²) in [6.07, 6.45) is 6.69. The van der Waals surface area contributed by atoms with Crippen LogP contribution >= 0.6 is 0 Å². The highest BCUT2D eigenvalue weighted by molar-refractivity contribution is 7.90. The Morgan fingerprint density at radius 1 is 0.964 bits per heavy atom. The van der Waals surface area contributed by atoms with Crippen molar-refractivity contribution in [3.63, 3.8) is 0 Å². The van der Waals surface area contributed by atoms with Gasteiger partial charge in [0.15, 0.2) is 0 Å². The Kier molecular flexibility index (Phi) is 5.98. The van der Waals surface area contributed by atoms with Crippen LogP contribution in [0, 0.1) is 11.8 Å². The van der Waals surface area contributed by atoms with Crippen LogP contribution in [0.4, 0.5) is 0 Å². The zero-order valence-corrected chi connectivity index (χ0v) is 17.6. The van der Waals surface area contributed by atoms with E-state index in [0.29, 0.717) is 11.8 Å². The molecule has 0 atom stereocenters. The Morgan fingerprint density at radius 2 is 1.64 bits per heavy atom. The highest BCUT2D eigenvalue weighted by Crippen LogP contribution is 2.25. The smallest absolute Gasteiger partial charge is 0.257 e. The summed E-state index contributed by atoms with van der Waals surface area (Å²) in [5.74, 6) is 0.903. The topological polar surface area (TPSA) is 64.8 Å². The van der Waals surface area contributed by atoms with Crippen molar-refractivity contribution in [2.75, 3.05) is 0 Å². The van der Waals surface area contributed by atoms with Gasteiger partial charge in [-0.2, -0.15) is 0 Å². The summed E-state index contributed by atoms with van der Waals surface area (Å²) in [6.45, 7) is 8.57. The van der Waals surface area contributed by atoms with Crippen molar-refractivity contribution in [2.24, 2.45) is 11.8 Å². The fraction of sp³-hybridized carbons (Fsp3) is 0.364. The van der Waals surface area contributed by atoms with Crippen molar-refractivity contribution in [3.8, 4) is 11.3 Å². The lowest BCUT2D eigenvalue weighted by Gasteiger charge is -2.12. The Hall–Kier alpha value is -2.47. The molecular formula is C22H27N3O2S. The highest BCUT2D eigenvalue weighted by Gasteiger charge is 2.19. The molecule has 0 amide bonds. The average Bonchev–Trinajstić information content (AvgIpc) is 3.14. The number of nitrogens with zero attached hydrogens (tertiary/aromatic N) is 3. The number of hydrogen-bond acceptors (Lipinski definition) is 4. The molecule has 5 nitrogen and oxygen atoms in total. The largest absolute Gasteiger partial charge is 0.267 e. The molecule has 0 unspecified atom stereocenters. The van der Waals surface area contributed by atoms with E-state index < -0.39 is 10.0 Å². The van der Waals surface area contributed by atoms with Gasteiger partial charge in [-0.3, -0.25) is 4.98 Å². The fourth-order valence-corrected chi connectivity index (χ4v) is 4.33. The van der Waals surface area contributed by atoms with E-state index in [4.69, 9.17) is 4.98 Å². The third kappa shape index (κ3) is 4.50. The van der Waals surface area contributed by atoms with Gasteiger partial charge in [0.2, 0.25) is 0 Å². The highest BCUT2D eigenvalue weighted by atomic mass is 32.2. The van der Waals surface area contributed by atoms with Gasteiger partial charge >= 0.3 is 0 Å². The van der Waals surface area contributed by atoms with E-state index in [9.17, 15) is 8.42 Å². The lowest BCUT2D eigenvalue weighted by molar-refractivity contribution is 0.587. The SMILES string of the molecule is CC(C)Cc1cnc(CC(C)C)c(-c2ccn(S(=O)(=O)c3ccccc3)c2)n1. The molecule has 28 heavy (non-hydrogen) atoms. The van der Waals surface area contributed by atoms with Crippen LogP contribution in [0.1, 0.15) is 39.1 Å². The molecule has 0 saturated heterocycles. The maximum atomic E-state index is 12.9. The van der Waals surface area contributed by atoms with E-state index in [2.05, 4.69) is 32.7 Å². The number of aromatic nitrogens is 3. The zero-order chi connectivity index (χ0) is 20.3. The van der Waals surface area contributed by atoms with Gasteiger partial charge in [0.25, 0.3) is 10.0 Å². The van der Waals surface area contributed by atoms with Gasteiger partial charge in [-0.25, -0.2) is 17.4 Å². The van der Waals surface area contributed by atoms with Crippen LogP contribution in [0.15, 0.2) is 59.9 Å². The molecule has 6 heteroatoms. The second-order valence-corrected chi connectivity index (χ2v) is 9.74. The van der Waals surface area contributed by atoms with Crippen LogP contribution in [-0.2, 0) is 22.9 Å². The predicted octanol–water partition coefficient (Wildman–Crippen LogP) is 4.58. The first-order valence-electron chi connectivity index (χ1n) is 9.61. The zero-order valence-electron chi connectivity index (χ0n) is 16.8. The van der Waals surface area contributed by atoms with E-state index in [1.54, 1.807) is 48.8 Å². The van der Waals surface area contributed by atoms with Crippen LogP contribution in [0.3, 0.4) is 0 Å². The Bertz CT molecular complexity index is 1040. The molecule has 3 aromatic rings. The number of benzene rings is 1. The molecule has 2 heterocycles. The first kappa shape index (κ1) is 20.3. The average molecular weight is 398 g/mol. The molecule has 2 aromatic heterocycles. The van der Waals surface area contributed by atoms with Crippen molar-refractivity contribution in [2.45, 2.75) is 45.4 Å². The minimum absolute atomic E-state index is 0.263. The summed E-state index contributed by atoms with van der Waals surface area (Å²) in [5.41, 5.74) is 3.37. The number of rotatable bonds is 7. The molecule has 148 valence electrons. The lowest BCUT2D eigenvalue weighted by atomic mass is 10.0. The van der Waals surface area contributed by atoms with E-state index in [1.165, 1.54) is 3.97 Å². The lowest BCUT2D eigenvalue weighted by Crippen LogP contribution is -2.10. The van der Waals surface area contributed by atoms with Crippen LogP contribution in [-0.4, -0.2) is 22.4 Å². The van der Waals surface area contributed by atoms with Crippen molar-refractivity contribution in [1.29, 1.82) is 0 Å².